The summed E-state index contributed by atoms with van der Waals surface area (Å²) in [4.78, 5) is 0. The summed E-state index contributed by atoms with van der Waals surface area (Å²) in [6.45, 7) is 13.8. The monoisotopic (exact) mass is 450 g/mol. The van der Waals surface area contributed by atoms with E-state index in [0.717, 1.165) is 78.4 Å². The van der Waals surface area contributed by atoms with Crippen LogP contribution in [0.15, 0.2) is 12.7 Å². The SMILES string of the molecule is C=CCOCCOCCOCCCOCCCOCCCOCCCOCCCOC. The van der Waals surface area contributed by atoms with Gasteiger partial charge in [-0.25, -0.2) is 0 Å². The first-order chi connectivity index (χ1) is 15.4. The first-order valence-electron chi connectivity index (χ1n) is 11.6. The fraction of sp³-hybridized carbons (Fsp3) is 0.913. The van der Waals surface area contributed by atoms with Gasteiger partial charge < -0.3 is 37.9 Å². The van der Waals surface area contributed by atoms with Crippen LogP contribution >= 0.6 is 0 Å². The van der Waals surface area contributed by atoms with Crippen molar-refractivity contribution in [2.45, 2.75) is 32.1 Å². The number of hydrogen-bond acceptors (Lipinski definition) is 8. The summed E-state index contributed by atoms with van der Waals surface area (Å²) < 4.78 is 43.2. The molecule has 0 unspecified atom stereocenters. The lowest BCUT2D eigenvalue weighted by Gasteiger charge is -2.08. The summed E-state index contributed by atoms with van der Waals surface area (Å²) in [6.07, 6.45) is 6.30. The lowest BCUT2D eigenvalue weighted by atomic mass is 10.4. The summed E-state index contributed by atoms with van der Waals surface area (Å²) in [5, 5.41) is 0. The highest BCUT2D eigenvalue weighted by Gasteiger charge is 1.95. The van der Waals surface area contributed by atoms with Gasteiger partial charge in [-0.15, -0.1) is 6.58 Å². The van der Waals surface area contributed by atoms with Crippen molar-refractivity contribution in [2.24, 2.45) is 0 Å². The lowest BCUT2D eigenvalue weighted by molar-refractivity contribution is 0.0127. The summed E-state index contributed by atoms with van der Waals surface area (Å²) >= 11 is 0. The van der Waals surface area contributed by atoms with E-state index in [1.165, 1.54) is 0 Å². The smallest absolute Gasteiger partial charge is 0.0704 e. The molecule has 8 nitrogen and oxygen atoms in total. The van der Waals surface area contributed by atoms with Crippen LogP contribution in [0.25, 0.3) is 0 Å². The largest absolute Gasteiger partial charge is 0.385 e. The summed E-state index contributed by atoms with van der Waals surface area (Å²) in [5.74, 6) is 0. The molecular weight excluding hydrogens is 404 g/mol. The topological polar surface area (TPSA) is 73.8 Å². The molecule has 0 saturated heterocycles. The van der Waals surface area contributed by atoms with Crippen LogP contribution in [-0.2, 0) is 37.9 Å². The van der Waals surface area contributed by atoms with Crippen LogP contribution in [0.4, 0.5) is 0 Å². The van der Waals surface area contributed by atoms with Gasteiger partial charge in [0.05, 0.1) is 33.0 Å². The van der Waals surface area contributed by atoms with E-state index in [2.05, 4.69) is 6.58 Å². The molecule has 0 aromatic carbocycles. The highest BCUT2D eigenvalue weighted by Crippen LogP contribution is 1.93. The quantitative estimate of drug-likeness (QED) is 0.133. The van der Waals surface area contributed by atoms with Gasteiger partial charge in [-0.1, -0.05) is 6.08 Å². The molecule has 0 spiro atoms. The van der Waals surface area contributed by atoms with E-state index < -0.39 is 0 Å². The molecule has 31 heavy (non-hydrogen) atoms. The van der Waals surface area contributed by atoms with Gasteiger partial charge in [-0.3, -0.25) is 0 Å². The third-order valence-corrected chi connectivity index (χ3v) is 3.93. The molecule has 0 fully saturated rings. The van der Waals surface area contributed by atoms with Crippen molar-refractivity contribution < 1.29 is 37.9 Å². The number of methoxy groups -OCH3 is 1. The maximum atomic E-state index is 5.58. The zero-order valence-corrected chi connectivity index (χ0v) is 19.7. The molecule has 0 radical (unpaired) electrons. The first-order valence-corrected chi connectivity index (χ1v) is 11.6. The van der Waals surface area contributed by atoms with Crippen LogP contribution in [0.2, 0.25) is 0 Å². The summed E-state index contributed by atoms with van der Waals surface area (Å²) in [6, 6.07) is 0. The lowest BCUT2D eigenvalue weighted by Crippen LogP contribution is -2.11. The molecule has 0 saturated carbocycles. The Balaban J connectivity index is 2.98. The number of hydrogen-bond donors (Lipinski definition) is 0. The van der Waals surface area contributed by atoms with Gasteiger partial charge in [0.1, 0.15) is 0 Å². The Labute approximate surface area is 189 Å². The minimum Gasteiger partial charge on any atom is -0.385 e. The minimum absolute atomic E-state index is 0.564. The minimum atomic E-state index is 0.564. The van der Waals surface area contributed by atoms with Gasteiger partial charge in [-0.2, -0.15) is 0 Å². The van der Waals surface area contributed by atoms with Gasteiger partial charge in [0.25, 0.3) is 0 Å². The Morgan fingerprint density at radius 3 is 1.06 bits per heavy atom. The Morgan fingerprint density at radius 2 is 0.710 bits per heavy atom. The molecule has 0 atom stereocenters. The fourth-order valence-corrected chi connectivity index (χ4v) is 2.37. The summed E-state index contributed by atoms with van der Waals surface area (Å²) in [5.41, 5.74) is 0. The second-order valence-corrected chi connectivity index (χ2v) is 6.80. The Kier molecular flexibility index (Phi) is 28.9. The number of rotatable bonds is 28. The molecule has 0 bridgehead atoms. The molecule has 0 rings (SSSR count). The van der Waals surface area contributed by atoms with Gasteiger partial charge >= 0.3 is 0 Å². The molecule has 0 aliphatic carbocycles. The van der Waals surface area contributed by atoms with E-state index in [1.54, 1.807) is 13.2 Å². The normalized spacial score (nSPS) is 11.3. The highest BCUT2D eigenvalue weighted by molar-refractivity contribution is 4.63. The van der Waals surface area contributed by atoms with Gasteiger partial charge in [0.2, 0.25) is 0 Å². The van der Waals surface area contributed by atoms with E-state index in [-0.39, 0.29) is 0 Å². The zero-order valence-electron chi connectivity index (χ0n) is 19.7. The molecule has 0 aromatic heterocycles. The van der Waals surface area contributed by atoms with Crippen molar-refractivity contribution in [3.05, 3.63) is 12.7 Å². The average molecular weight is 451 g/mol. The third-order valence-electron chi connectivity index (χ3n) is 3.93. The van der Waals surface area contributed by atoms with E-state index in [1.807, 2.05) is 0 Å². The predicted molar refractivity (Wildman–Crippen MR) is 121 cm³/mol. The van der Waals surface area contributed by atoms with E-state index >= 15 is 0 Å². The predicted octanol–water partition coefficient (Wildman–Crippen LogP) is 2.89. The molecule has 8 heteroatoms. The molecule has 0 amide bonds. The van der Waals surface area contributed by atoms with Crippen LogP contribution in [0.1, 0.15) is 32.1 Å². The van der Waals surface area contributed by atoms with E-state index in [4.69, 9.17) is 37.9 Å². The molecule has 0 aliphatic rings. The van der Waals surface area contributed by atoms with Crippen molar-refractivity contribution in [1.29, 1.82) is 0 Å². The van der Waals surface area contributed by atoms with Crippen LogP contribution in [-0.4, -0.2) is 106 Å². The van der Waals surface area contributed by atoms with E-state index in [0.29, 0.717) is 52.9 Å². The third kappa shape index (κ3) is 29.4. The second-order valence-electron chi connectivity index (χ2n) is 6.80. The Morgan fingerprint density at radius 1 is 0.419 bits per heavy atom. The van der Waals surface area contributed by atoms with Crippen molar-refractivity contribution in [2.75, 3.05) is 106 Å². The second kappa shape index (κ2) is 29.4. The van der Waals surface area contributed by atoms with Crippen molar-refractivity contribution >= 4 is 0 Å². The van der Waals surface area contributed by atoms with Crippen LogP contribution in [0.5, 0.6) is 0 Å². The number of ether oxygens (including phenoxy) is 8. The Hall–Kier alpha value is -0.580. The highest BCUT2D eigenvalue weighted by atomic mass is 16.5. The van der Waals surface area contributed by atoms with Crippen LogP contribution in [0.3, 0.4) is 0 Å². The van der Waals surface area contributed by atoms with E-state index in [9.17, 15) is 0 Å². The molecule has 186 valence electrons. The Bertz CT molecular complexity index is 331. The average Bonchev–Trinajstić information content (AvgIpc) is 2.78. The van der Waals surface area contributed by atoms with Crippen molar-refractivity contribution in [1.82, 2.24) is 0 Å². The van der Waals surface area contributed by atoms with Gasteiger partial charge in [-0.05, 0) is 32.1 Å². The fourth-order valence-electron chi connectivity index (χ4n) is 2.37. The standard InChI is InChI=1S/C23H46O8/c1-3-9-25-20-22-31-23-21-30-19-8-18-29-17-7-16-28-15-6-14-27-13-5-12-26-11-4-10-24-2/h3H,1,4-23H2,2H3. The molecule has 0 heterocycles. The molecule has 0 N–H and O–H groups in total. The molecule has 0 aromatic rings. The maximum Gasteiger partial charge on any atom is 0.0704 e. The first kappa shape index (κ1) is 30.4. The zero-order chi connectivity index (χ0) is 22.5. The molecule has 0 aliphatic heterocycles. The van der Waals surface area contributed by atoms with Crippen LogP contribution in [0, 0.1) is 0 Å². The molecular formula is C23H46O8. The van der Waals surface area contributed by atoms with Crippen LogP contribution < -0.4 is 0 Å². The van der Waals surface area contributed by atoms with Crippen molar-refractivity contribution in [3.63, 3.8) is 0 Å². The van der Waals surface area contributed by atoms with Crippen molar-refractivity contribution in [3.8, 4) is 0 Å². The van der Waals surface area contributed by atoms with Gasteiger partial charge in [0, 0.05) is 73.2 Å². The summed E-state index contributed by atoms with van der Waals surface area (Å²) in [7, 11) is 1.70. The van der Waals surface area contributed by atoms with Gasteiger partial charge in [0.15, 0.2) is 0 Å². The maximum absolute atomic E-state index is 5.58.